The Balaban J connectivity index is 1.90. The summed E-state index contributed by atoms with van der Waals surface area (Å²) in [6, 6.07) is 0. The van der Waals surface area contributed by atoms with Gasteiger partial charge in [0.1, 0.15) is 0 Å². The van der Waals surface area contributed by atoms with Crippen LogP contribution in [0.4, 0.5) is 0 Å². The van der Waals surface area contributed by atoms with Crippen LogP contribution in [0, 0.1) is 11.8 Å². The highest BCUT2D eigenvalue weighted by atomic mass is 16.3. The molecule has 0 bridgehead atoms. The predicted octanol–water partition coefficient (Wildman–Crippen LogP) is 1.88. The van der Waals surface area contributed by atoms with E-state index in [4.69, 9.17) is 0 Å². The van der Waals surface area contributed by atoms with Crippen molar-refractivity contribution < 1.29 is 5.11 Å². The number of aliphatic hydroxyl groups excluding tert-OH is 1. The summed E-state index contributed by atoms with van der Waals surface area (Å²) in [7, 11) is 0. The van der Waals surface area contributed by atoms with E-state index in [9.17, 15) is 5.11 Å². The van der Waals surface area contributed by atoms with E-state index in [-0.39, 0.29) is 5.54 Å². The Hall–Kier alpha value is -0.0800. The fourth-order valence-electron chi connectivity index (χ4n) is 2.93. The second-order valence-electron chi connectivity index (χ2n) is 5.50. The minimum Gasteiger partial charge on any atom is -0.394 e. The van der Waals surface area contributed by atoms with Crippen molar-refractivity contribution in [1.29, 1.82) is 0 Å². The Morgan fingerprint density at radius 3 is 2.29 bits per heavy atom. The Bertz CT molecular complexity index is 190. The lowest BCUT2D eigenvalue weighted by Crippen LogP contribution is -2.61. The fourth-order valence-corrected chi connectivity index (χ4v) is 2.93. The summed E-state index contributed by atoms with van der Waals surface area (Å²) in [5.74, 6) is 1.68. The molecule has 2 heteroatoms. The Kier molecular flexibility index (Phi) is 2.85. The average molecular weight is 197 g/mol. The van der Waals surface area contributed by atoms with Gasteiger partial charge >= 0.3 is 0 Å². The van der Waals surface area contributed by atoms with E-state index in [1.165, 1.54) is 38.8 Å². The molecule has 2 nitrogen and oxygen atoms in total. The molecular weight excluding hydrogens is 174 g/mol. The molecule has 82 valence electrons. The summed E-state index contributed by atoms with van der Waals surface area (Å²) in [5.41, 5.74) is 0.186. The fraction of sp³-hybridized carbons (Fsp3) is 1.00. The molecule has 1 saturated carbocycles. The summed E-state index contributed by atoms with van der Waals surface area (Å²) >= 11 is 0. The van der Waals surface area contributed by atoms with Crippen LogP contribution in [-0.2, 0) is 0 Å². The van der Waals surface area contributed by atoms with Gasteiger partial charge < -0.3 is 5.11 Å². The first kappa shape index (κ1) is 10.4. The molecule has 1 saturated heterocycles. The first-order chi connectivity index (χ1) is 6.68. The molecule has 2 fully saturated rings. The van der Waals surface area contributed by atoms with Crippen molar-refractivity contribution in [2.24, 2.45) is 11.8 Å². The molecule has 0 radical (unpaired) electrons. The number of aliphatic hydroxyl groups is 1. The van der Waals surface area contributed by atoms with Gasteiger partial charge in [0.2, 0.25) is 0 Å². The van der Waals surface area contributed by atoms with Gasteiger partial charge in [0.15, 0.2) is 0 Å². The standard InChI is InChI=1S/C12H23NO/c1-10(2)11-7-13(8-11)12(9-14)5-3-4-6-12/h10-11,14H,3-9H2,1-2H3. The second-order valence-corrected chi connectivity index (χ2v) is 5.50. The van der Waals surface area contributed by atoms with Crippen molar-refractivity contribution in [3.05, 3.63) is 0 Å². The minimum atomic E-state index is 0.186. The molecule has 1 heterocycles. The van der Waals surface area contributed by atoms with Gasteiger partial charge in [0.25, 0.3) is 0 Å². The van der Waals surface area contributed by atoms with Crippen LogP contribution in [-0.4, -0.2) is 35.2 Å². The largest absolute Gasteiger partial charge is 0.394 e. The first-order valence-corrected chi connectivity index (χ1v) is 6.04. The van der Waals surface area contributed by atoms with Crippen LogP contribution in [0.1, 0.15) is 39.5 Å². The molecule has 14 heavy (non-hydrogen) atoms. The lowest BCUT2D eigenvalue weighted by atomic mass is 9.82. The van der Waals surface area contributed by atoms with Gasteiger partial charge in [-0.1, -0.05) is 26.7 Å². The molecule has 2 rings (SSSR count). The van der Waals surface area contributed by atoms with Crippen LogP contribution in [0.25, 0.3) is 0 Å². The minimum absolute atomic E-state index is 0.186. The van der Waals surface area contributed by atoms with Gasteiger partial charge in [0.05, 0.1) is 6.61 Å². The zero-order chi connectivity index (χ0) is 10.2. The molecule has 0 aromatic rings. The van der Waals surface area contributed by atoms with Crippen LogP contribution in [0.5, 0.6) is 0 Å². The monoisotopic (exact) mass is 197 g/mol. The van der Waals surface area contributed by atoms with Gasteiger partial charge in [-0.05, 0) is 24.7 Å². The molecule has 0 aromatic heterocycles. The van der Waals surface area contributed by atoms with Gasteiger partial charge in [-0.25, -0.2) is 0 Å². The Morgan fingerprint density at radius 1 is 1.29 bits per heavy atom. The third-order valence-electron chi connectivity index (χ3n) is 4.35. The summed E-state index contributed by atoms with van der Waals surface area (Å²) in [4.78, 5) is 2.53. The molecule has 1 aliphatic carbocycles. The van der Waals surface area contributed by atoms with E-state index in [1.54, 1.807) is 0 Å². The van der Waals surface area contributed by atoms with E-state index in [0.29, 0.717) is 6.61 Å². The Morgan fingerprint density at radius 2 is 1.86 bits per heavy atom. The molecule has 0 aromatic carbocycles. The molecule has 2 aliphatic rings. The number of rotatable bonds is 3. The van der Waals surface area contributed by atoms with Gasteiger partial charge in [-0.2, -0.15) is 0 Å². The lowest BCUT2D eigenvalue weighted by molar-refractivity contribution is -0.0562. The third-order valence-corrected chi connectivity index (χ3v) is 4.35. The normalized spacial score (nSPS) is 28.3. The highest BCUT2D eigenvalue weighted by Gasteiger charge is 2.45. The van der Waals surface area contributed by atoms with Crippen LogP contribution in [0.2, 0.25) is 0 Å². The highest BCUT2D eigenvalue weighted by molar-refractivity contribution is 5.00. The van der Waals surface area contributed by atoms with Gasteiger partial charge in [-0.15, -0.1) is 0 Å². The molecule has 0 atom stereocenters. The second kappa shape index (κ2) is 3.82. The van der Waals surface area contributed by atoms with E-state index < -0.39 is 0 Å². The number of likely N-dealkylation sites (tertiary alicyclic amines) is 1. The maximum absolute atomic E-state index is 9.54. The molecular formula is C12H23NO. The average Bonchev–Trinajstić information content (AvgIpc) is 2.50. The van der Waals surface area contributed by atoms with E-state index in [0.717, 1.165) is 11.8 Å². The van der Waals surface area contributed by atoms with Crippen molar-refractivity contribution >= 4 is 0 Å². The van der Waals surface area contributed by atoms with E-state index in [2.05, 4.69) is 18.7 Å². The van der Waals surface area contributed by atoms with Crippen LogP contribution < -0.4 is 0 Å². The van der Waals surface area contributed by atoms with Crippen LogP contribution in [0.15, 0.2) is 0 Å². The van der Waals surface area contributed by atoms with E-state index >= 15 is 0 Å². The predicted molar refractivity (Wildman–Crippen MR) is 58.2 cm³/mol. The first-order valence-electron chi connectivity index (χ1n) is 6.04. The Labute approximate surface area is 87.3 Å². The topological polar surface area (TPSA) is 23.5 Å². The number of hydrogen-bond donors (Lipinski definition) is 1. The van der Waals surface area contributed by atoms with Crippen molar-refractivity contribution in [2.45, 2.75) is 45.1 Å². The molecule has 0 spiro atoms. The lowest BCUT2D eigenvalue weighted by Gasteiger charge is -2.51. The molecule has 0 unspecified atom stereocenters. The third kappa shape index (κ3) is 1.59. The maximum atomic E-state index is 9.54. The maximum Gasteiger partial charge on any atom is 0.0615 e. The van der Waals surface area contributed by atoms with Crippen molar-refractivity contribution in [3.8, 4) is 0 Å². The van der Waals surface area contributed by atoms with E-state index in [1.807, 2.05) is 0 Å². The summed E-state index contributed by atoms with van der Waals surface area (Å²) < 4.78 is 0. The van der Waals surface area contributed by atoms with Crippen molar-refractivity contribution in [3.63, 3.8) is 0 Å². The number of nitrogens with zero attached hydrogens (tertiary/aromatic N) is 1. The number of hydrogen-bond acceptors (Lipinski definition) is 2. The van der Waals surface area contributed by atoms with Gasteiger partial charge in [-0.3, -0.25) is 4.90 Å². The summed E-state index contributed by atoms with van der Waals surface area (Å²) in [5, 5.41) is 9.54. The quantitative estimate of drug-likeness (QED) is 0.746. The van der Waals surface area contributed by atoms with Crippen molar-refractivity contribution in [2.75, 3.05) is 19.7 Å². The van der Waals surface area contributed by atoms with Crippen LogP contribution in [0.3, 0.4) is 0 Å². The molecule has 0 amide bonds. The SMILES string of the molecule is CC(C)C1CN(C2(CO)CCCC2)C1. The summed E-state index contributed by atoms with van der Waals surface area (Å²) in [6.45, 7) is 7.43. The van der Waals surface area contributed by atoms with Crippen LogP contribution >= 0.6 is 0 Å². The smallest absolute Gasteiger partial charge is 0.0615 e. The van der Waals surface area contributed by atoms with Crippen molar-refractivity contribution in [1.82, 2.24) is 4.90 Å². The summed E-state index contributed by atoms with van der Waals surface area (Å²) in [6.07, 6.45) is 5.05. The zero-order valence-corrected chi connectivity index (χ0v) is 9.50. The molecule has 1 N–H and O–H groups in total. The zero-order valence-electron chi connectivity index (χ0n) is 9.50. The highest BCUT2D eigenvalue weighted by Crippen LogP contribution is 2.40. The molecule has 1 aliphatic heterocycles. The van der Waals surface area contributed by atoms with Gasteiger partial charge in [0, 0.05) is 18.6 Å².